The predicted octanol–water partition coefficient (Wildman–Crippen LogP) is 1.80. The van der Waals surface area contributed by atoms with Crippen molar-refractivity contribution in [2.75, 3.05) is 45.9 Å². The van der Waals surface area contributed by atoms with E-state index in [0.29, 0.717) is 37.7 Å². The minimum absolute atomic E-state index is 0.0289. The maximum absolute atomic E-state index is 12.5. The lowest BCUT2D eigenvalue weighted by Gasteiger charge is -2.33. The van der Waals surface area contributed by atoms with Crippen LogP contribution in [0.25, 0.3) is 0 Å². The molecular weight excluding hydrogens is 378 g/mol. The van der Waals surface area contributed by atoms with E-state index < -0.39 is 10.0 Å². The van der Waals surface area contributed by atoms with Gasteiger partial charge in [0.1, 0.15) is 0 Å². The Morgan fingerprint density at radius 1 is 1.25 bits per heavy atom. The lowest BCUT2D eigenvalue weighted by atomic mass is 10.1. The summed E-state index contributed by atoms with van der Waals surface area (Å²) in [6, 6.07) is 6.09. The summed E-state index contributed by atoms with van der Waals surface area (Å²) in [6.07, 6.45) is -0.0289. The number of nitrogens with zero attached hydrogens (tertiary/aromatic N) is 2. The number of ether oxygens (including phenoxy) is 1. The Bertz CT molecular complexity index is 730. The molecular formula is C20H33N3O4S. The van der Waals surface area contributed by atoms with E-state index in [1.54, 1.807) is 26.0 Å². The second-order valence-corrected chi connectivity index (χ2v) is 9.41. The first-order valence-electron chi connectivity index (χ1n) is 10.00. The van der Waals surface area contributed by atoms with Crippen LogP contribution in [-0.4, -0.2) is 75.5 Å². The molecule has 0 aliphatic carbocycles. The Hall–Kier alpha value is -1.48. The van der Waals surface area contributed by atoms with Crippen LogP contribution in [0, 0.1) is 5.92 Å². The molecule has 1 heterocycles. The van der Waals surface area contributed by atoms with Crippen molar-refractivity contribution < 1.29 is 17.9 Å². The van der Waals surface area contributed by atoms with E-state index in [1.165, 1.54) is 16.4 Å². The van der Waals surface area contributed by atoms with Crippen LogP contribution < -0.4 is 5.32 Å². The lowest BCUT2D eigenvalue weighted by Crippen LogP contribution is -2.48. The maximum Gasteiger partial charge on any atom is 0.251 e. The fourth-order valence-corrected chi connectivity index (χ4v) is 4.84. The van der Waals surface area contributed by atoms with Crippen molar-refractivity contribution in [1.29, 1.82) is 0 Å². The molecule has 1 saturated heterocycles. The molecule has 0 unspecified atom stereocenters. The molecule has 1 fully saturated rings. The molecule has 0 radical (unpaired) electrons. The summed E-state index contributed by atoms with van der Waals surface area (Å²) in [7, 11) is -3.51. The van der Waals surface area contributed by atoms with Gasteiger partial charge in [0.05, 0.1) is 17.6 Å². The van der Waals surface area contributed by atoms with Gasteiger partial charge in [0.2, 0.25) is 10.0 Å². The van der Waals surface area contributed by atoms with Crippen LogP contribution in [0.4, 0.5) is 0 Å². The standard InChI is InChI=1S/C20H33N3O4S/c1-5-23(6-2)28(25,26)19-9-7-17(8-10-19)20(24)21-13-18-15-22(11-12-27-18)14-16(3)4/h7-10,16,18H,5-6,11-15H2,1-4H3,(H,21,24)/t18-/m1/s1. The summed E-state index contributed by atoms with van der Waals surface area (Å²) in [5, 5.41) is 2.90. The fraction of sp³-hybridized carbons (Fsp3) is 0.650. The molecule has 1 aliphatic heterocycles. The number of carbonyl (C=O) groups is 1. The summed E-state index contributed by atoms with van der Waals surface area (Å²) < 4.78 is 32.2. The van der Waals surface area contributed by atoms with Crippen LogP contribution in [0.1, 0.15) is 38.1 Å². The number of morpholine rings is 1. The number of hydrogen-bond donors (Lipinski definition) is 1. The number of amides is 1. The van der Waals surface area contributed by atoms with Crippen molar-refractivity contribution in [2.24, 2.45) is 5.92 Å². The van der Waals surface area contributed by atoms with Crippen LogP contribution in [0.15, 0.2) is 29.2 Å². The quantitative estimate of drug-likeness (QED) is 0.670. The Balaban J connectivity index is 1.93. The first-order chi connectivity index (χ1) is 13.3. The molecule has 28 heavy (non-hydrogen) atoms. The zero-order valence-electron chi connectivity index (χ0n) is 17.3. The first-order valence-corrected chi connectivity index (χ1v) is 11.4. The van der Waals surface area contributed by atoms with E-state index in [0.717, 1.165) is 19.6 Å². The van der Waals surface area contributed by atoms with Gasteiger partial charge in [-0.2, -0.15) is 4.31 Å². The highest BCUT2D eigenvalue weighted by molar-refractivity contribution is 7.89. The van der Waals surface area contributed by atoms with Gasteiger partial charge in [-0.1, -0.05) is 27.7 Å². The van der Waals surface area contributed by atoms with Crippen molar-refractivity contribution >= 4 is 15.9 Å². The molecule has 1 aromatic rings. The summed E-state index contributed by atoms with van der Waals surface area (Å²) >= 11 is 0. The van der Waals surface area contributed by atoms with Crippen LogP contribution in [0.2, 0.25) is 0 Å². The summed E-state index contributed by atoms with van der Waals surface area (Å²) in [5.74, 6) is 0.371. The van der Waals surface area contributed by atoms with Crippen LogP contribution in [0.3, 0.4) is 0 Å². The average molecular weight is 412 g/mol. The molecule has 1 atom stereocenters. The normalized spacial score (nSPS) is 18.6. The molecule has 0 spiro atoms. The predicted molar refractivity (Wildman–Crippen MR) is 110 cm³/mol. The van der Waals surface area contributed by atoms with Gasteiger partial charge in [0.25, 0.3) is 5.91 Å². The van der Waals surface area contributed by atoms with Crippen molar-refractivity contribution in [1.82, 2.24) is 14.5 Å². The van der Waals surface area contributed by atoms with Gasteiger partial charge in [-0.15, -0.1) is 0 Å². The van der Waals surface area contributed by atoms with Gasteiger partial charge in [-0.3, -0.25) is 9.69 Å². The first kappa shape index (κ1) is 22.8. The molecule has 1 aromatic carbocycles. The van der Waals surface area contributed by atoms with Gasteiger partial charge < -0.3 is 10.1 Å². The van der Waals surface area contributed by atoms with E-state index in [2.05, 4.69) is 24.1 Å². The summed E-state index contributed by atoms with van der Waals surface area (Å²) in [4.78, 5) is 15.0. The topological polar surface area (TPSA) is 79.0 Å². The van der Waals surface area contributed by atoms with Crippen molar-refractivity contribution in [3.63, 3.8) is 0 Å². The van der Waals surface area contributed by atoms with Crippen LogP contribution in [0.5, 0.6) is 0 Å². The van der Waals surface area contributed by atoms with Gasteiger partial charge in [0, 0.05) is 44.8 Å². The number of sulfonamides is 1. The second kappa shape index (κ2) is 10.3. The Morgan fingerprint density at radius 3 is 2.46 bits per heavy atom. The third kappa shape index (κ3) is 6.01. The molecule has 1 aliphatic rings. The average Bonchev–Trinajstić information content (AvgIpc) is 2.67. The van der Waals surface area contributed by atoms with Crippen LogP contribution in [-0.2, 0) is 14.8 Å². The molecule has 8 heteroatoms. The van der Waals surface area contributed by atoms with Crippen LogP contribution >= 0.6 is 0 Å². The third-order valence-corrected chi connectivity index (χ3v) is 6.86. The number of hydrogen-bond acceptors (Lipinski definition) is 5. The molecule has 0 aromatic heterocycles. The molecule has 1 N–H and O–H groups in total. The smallest absolute Gasteiger partial charge is 0.251 e. The summed E-state index contributed by atoms with van der Waals surface area (Å²) in [5.41, 5.74) is 0.438. The van der Waals surface area contributed by atoms with E-state index >= 15 is 0 Å². The lowest BCUT2D eigenvalue weighted by molar-refractivity contribution is -0.0295. The Labute approximate surface area is 169 Å². The highest BCUT2D eigenvalue weighted by Crippen LogP contribution is 2.16. The minimum atomic E-state index is -3.51. The van der Waals surface area contributed by atoms with Crippen molar-refractivity contribution in [3.05, 3.63) is 29.8 Å². The molecule has 1 amide bonds. The minimum Gasteiger partial charge on any atom is -0.374 e. The number of rotatable bonds is 9. The SMILES string of the molecule is CCN(CC)S(=O)(=O)c1ccc(C(=O)NC[C@@H]2CN(CC(C)C)CCO2)cc1. The van der Waals surface area contributed by atoms with E-state index in [4.69, 9.17) is 4.74 Å². The number of carbonyl (C=O) groups excluding carboxylic acids is 1. The molecule has 158 valence electrons. The monoisotopic (exact) mass is 411 g/mol. The zero-order chi connectivity index (χ0) is 20.7. The van der Waals surface area contributed by atoms with Crippen molar-refractivity contribution in [3.8, 4) is 0 Å². The Kier molecular flexibility index (Phi) is 8.42. The summed E-state index contributed by atoms with van der Waals surface area (Å²) in [6.45, 7) is 12.7. The maximum atomic E-state index is 12.5. The zero-order valence-corrected chi connectivity index (χ0v) is 18.2. The number of nitrogens with one attached hydrogen (secondary N) is 1. The van der Waals surface area contributed by atoms with Gasteiger partial charge in [-0.25, -0.2) is 8.42 Å². The van der Waals surface area contributed by atoms with E-state index in [1.807, 2.05) is 0 Å². The highest BCUT2D eigenvalue weighted by atomic mass is 32.2. The van der Waals surface area contributed by atoms with Gasteiger partial charge in [0.15, 0.2) is 0 Å². The van der Waals surface area contributed by atoms with Gasteiger partial charge >= 0.3 is 0 Å². The molecule has 2 rings (SSSR count). The highest BCUT2D eigenvalue weighted by Gasteiger charge is 2.23. The van der Waals surface area contributed by atoms with E-state index in [9.17, 15) is 13.2 Å². The number of benzene rings is 1. The van der Waals surface area contributed by atoms with Gasteiger partial charge in [-0.05, 0) is 30.2 Å². The van der Waals surface area contributed by atoms with Crippen molar-refractivity contribution in [2.45, 2.75) is 38.7 Å². The molecule has 0 saturated carbocycles. The molecule has 7 nitrogen and oxygen atoms in total. The molecule has 0 bridgehead atoms. The largest absolute Gasteiger partial charge is 0.374 e. The van der Waals surface area contributed by atoms with E-state index in [-0.39, 0.29) is 16.9 Å². The Morgan fingerprint density at radius 2 is 1.89 bits per heavy atom. The third-order valence-electron chi connectivity index (χ3n) is 4.80. The fourth-order valence-electron chi connectivity index (χ4n) is 3.39. The second-order valence-electron chi connectivity index (χ2n) is 7.47.